The maximum Gasteiger partial charge on any atom is 0.341 e. The van der Waals surface area contributed by atoms with Crippen LogP contribution in [-0.4, -0.2) is 53.0 Å². The van der Waals surface area contributed by atoms with Gasteiger partial charge in [0, 0.05) is 40.7 Å². The molecular formula is C17H15FNaO4. The van der Waals surface area contributed by atoms with Crippen LogP contribution in [0.25, 0.3) is 0 Å². The van der Waals surface area contributed by atoms with Gasteiger partial charge in [0.15, 0.2) is 12.4 Å². The molecule has 2 rings (SSSR count). The minimum Gasteiger partial charge on any atom is -0.482 e. The number of aliphatic carboxylic acids is 1. The van der Waals surface area contributed by atoms with Crippen LogP contribution in [0.5, 0.6) is 5.75 Å². The van der Waals surface area contributed by atoms with Crippen molar-refractivity contribution in [3.8, 4) is 5.75 Å². The summed E-state index contributed by atoms with van der Waals surface area (Å²) in [4.78, 5) is 23.0. The summed E-state index contributed by atoms with van der Waals surface area (Å²) in [7, 11) is 0. The van der Waals surface area contributed by atoms with Crippen LogP contribution in [0.3, 0.4) is 0 Å². The van der Waals surface area contributed by atoms with Gasteiger partial charge in [-0.15, -0.1) is 0 Å². The molecule has 0 amide bonds. The largest absolute Gasteiger partial charge is 0.482 e. The zero-order valence-corrected chi connectivity index (χ0v) is 15.2. The van der Waals surface area contributed by atoms with Crippen LogP contribution < -0.4 is 4.74 Å². The van der Waals surface area contributed by atoms with Gasteiger partial charge in [-0.05, 0) is 61.4 Å². The Morgan fingerprint density at radius 2 is 1.65 bits per heavy atom. The van der Waals surface area contributed by atoms with Gasteiger partial charge in [0.2, 0.25) is 0 Å². The van der Waals surface area contributed by atoms with E-state index in [0.717, 1.165) is 0 Å². The molecule has 6 heteroatoms. The first-order chi connectivity index (χ1) is 10.4. The Hall–Kier alpha value is -1.69. The van der Waals surface area contributed by atoms with Crippen molar-refractivity contribution in [3.05, 3.63) is 64.5 Å². The fourth-order valence-corrected chi connectivity index (χ4v) is 2.09. The van der Waals surface area contributed by atoms with Crippen molar-refractivity contribution >= 4 is 41.3 Å². The SMILES string of the molecule is Cc1c(OCC(=O)O)ccc(C(=O)c2ccc(F)cc2)c1C.[Na]. The molecule has 0 heterocycles. The number of hydrogen-bond donors (Lipinski definition) is 1. The molecule has 0 aliphatic rings. The van der Waals surface area contributed by atoms with E-state index in [2.05, 4.69) is 0 Å². The predicted molar refractivity (Wildman–Crippen MR) is 84.6 cm³/mol. The van der Waals surface area contributed by atoms with Gasteiger partial charge in [-0.2, -0.15) is 0 Å². The van der Waals surface area contributed by atoms with E-state index in [9.17, 15) is 14.0 Å². The Labute approximate surface area is 155 Å². The molecule has 0 saturated carbocycles. The maximum atomic E-state index is 12.9. The van der Waals surface area contributed by atoms with Crippen molar-refractivity contribution < 1.29 is 23.8 Å². The van der Waals surface area contributed by atoms with Gasteiger partial charge in [-0.25, -0.2) is 9.18 Å². The van der Waals surface area contributed by atoms with E-state index in [4.69, 9.17) is 9.84 Å². The Morgan fingerprint density at radius 3 is 2.22 bits per heavy atom. The topological polar surface area (TPSA) is 63.6 Å². The molecule has 2 aromatic rings. The monoisotopic (exact) mass is 325 g/mol. The van der Waals surface area contributed by atoms with E-state index in [1.54, 1.807) is 26.0 Å². The van der Waals surface area contributed by atoms with Crippen LogP contribution in [0.4, 0.5) is 4.39 Å². The summed E-state index contributed by atoms with van der Waals surface area (Å²) in [6.07, 6.45) is 0. The molecule has 1 N–H and O–H groups in total. The second-order valence-corrected chi connectivity index (χ2v) is 4.88. The standard InChI is InChI=1S/C17H15FO4.Na/c1-10-11(2)15(22-9-16(19)20)8-7-14(10)17(21)12-3-5-13(18)6-4-12;/h3-8H,9H2,1-2H3,(H,19,20);. The summed E-state index contributed by atoms with van der Waals surface area (Å²) in [6.45, 7) is 3.08. The van der Waals surface area contributed by atoms with Crippen molar-refractivity contribution in [2.24, 2.45) is 0 Å². The van der Waals surface area contributed by atoms with Crippen molar-refractivity contribution in [3.63, 3.8) is 0 Å². The molecule has 0 aliphatic carbocycles. The molecule has 2 aromatic carbocycles. The third-order valence-electron chi connectivity index (χ3n) is 3.44. The molecule has 115 valence electrons. The van der Waals surface area contributed by atoms with Crippen LogP contribution in [0.15, 0.2) is 36.4 Å². The van der Waals surface area contributed by atoms with E-state index in [1.165, 1.54) is 24.3 Å². The van der Waals surface area contributed by atoms with Gasteiger partial charge in [-0.3, -0.25) is 4.79 Å². The van der Waals surface area contributed by atoms with E-state index >= 15 is 0 Å². The second kappa shape index (κ2) is 8.24. The zero-order chi connectivity index (χ0) is 16.3. The molecule has 0 atom stereocenters. The minimum absolute atomic E-state index is 0. The van der Waals surface area contributed by atoms with Crippen molar-refractivity contribution in [2.45, 2.75) is 13.8 Å². The third-order valence-corrected chi connectivity index (χ3v) is 3.44. The van der Waals surface area contributed by atoms with Gasteiger partial charge < -0.3 is 9.84 Å². The van der Waals surface area contributed by atoms with E-state index in [0.29, 0.717) is 28.0 Å². The molecule has 0 aromatic heterocycles. The number of carbonyl (C=O) groups is 2. The van der Waals surface area contributed by atoms with Crippen LogP contribution in [0, 0.1) is 19.7 Å². The molecule has 0 saturated heterocycles. The molecule has 0 bridgehead atoms. The average Bonchev–Trinajstić information content (AvgIpc) is 2.49. The molecule has 23 heavy (non-hydrogen) atoms. The van der Waals surface area contributed by atoms with E-state index < -0.39 is 18.4 Å². The summed E-state index contributed by atoms with van der Waals surface area (Å²) in [5, 5.41) is 8.64. The molecule has 0 spiro atoms. The smallest absolute Gasteiger partial charge is 0.341 e. The number of ether oxygens (including phenoxy) is 1. The predicted octanol–water partition coefficient (Wildman–Crippen LogP) is 2.76. The Balaban J connectivity index is 0.00000264. The Morgan fingerprint density at radius 1 is 1.04 bits per heavy atom. The number of carboxylic acids is 1. The first-order valence-corrected chi connectivity index (χ1v) is 6.65. The zero-order valence-electron chi connectivity index (χ0n) is 13.2. The second-order valence-electron chi connectivity index (χ2n) is 4.88. The quantitative estimate of drug-likeness (QED) is 0.678. The summed E-state index contributed by atoms with van der Waals surface area (Å²) in [5.74, 6) is -1.26. The van der Waals surface area contributed by atoms with Crippen molar-refractivity contribution in [1.29, 1.82) is 0 Å². The molecule has 0 fully saturated rings. The fourth-order valence-electron chi connectivity index (χ4n) is 2.09. The summed E-state index contributed by atoms with van der Waals surface area (Å²) in [6, 6.07) is 8.50. The van der Waals surface area contributed by atoms with Crippen LogP contribution >= 0.6 is 0 Å². The van der Waals surface area contributed by atoms with Crippen molar-refractivity contribution in [2.75, 3.05) is 6.61 Å². The molecule has 0 unspecified atom stereocenters. The van der Waals surface area contributed by atoms with Gasteiger partial charge in [0.1, 0.15) is 11.6 Å². The van der Waals surface area contributed by atoms with Crippen LogP contribution in [0.1, 0.15) is 27.0 Å². The summed E-state index contributed by atoms with van der Waals surface area (Å²) in [5.41, 5.74) is 2.28. The number of hydrogen-bond acceptors (Lipinski definition) is 3. The van der Waals surface area contributed by atoms with Gasteiger partial charge >= 0.3 is 5.97 Å². The van der Waals surface area contributed by atoms with E-state index in [1.807, 2.05) is 0 Å². The summed E-state index contributed by atoms with van der Waals surface area (Å²) >= 11 is 0. The first kappa shape index (κ1) is 19.4. The average molecular weight is 325 g/mol. The van der Waals surface area contributed by atoms with Gasteiger partial charge in [0.05, 0.1) is 0 Å². The Kier molecular flexibility index (Phi) is 6.94. The molecule has 4 nitrogen and oxygen atoms in total. The number of benzene rings is 2. The number of carbonyl (C=O) groups excluding carboxylic acids is 1. The van der Waals surface area contributed by atoms with Gasteiger partial charge in [-0.1, -0.05) is 0 Å². The molecule has 1 radical (unpaired) electrons. The van der Waals surface area contributed by atoms with Crippen molar-refractivity contribution in [1.82, 2.24) is 0 Å². The first-order valence-electron chi connectivity index (χ1n) is 6.65. The normalized spacial score (nSPS) is 9.87. The Bertz CT molecular complexity index is 726. The number of rotatable bonds is 5. The fraction of sp³-hybridized carbons (Fsp3) is 0.176. The molecule has 0 aliphatic heterocycles. The number of halogens is 1. The van der Waals surface area contributed by atoms with Gasteiger partial charge in [0.25, 0.3) is 0 Å². The third kappa shape index (κ3) is 4.64. The number of carboxylic acid groups (broad SMARTS) is 1. The minimum atomic E-state index is -1.07. The van der Waals surface area contributed by atoms with E-state index in [-0.39, 0.29) is 35.3 Å². The van der Waals surface area contributed by atoms with Crippen LogP contribution in [0.2, 0.25) is 0 Å². The maximum absolute atomic E-state index is 12.9. The van der Waals surface area contributed by atoms with Crippen LogP contribution in [-0.2, 0) is 4.79 Å². The summed E-state index contributed by atoms with van der Waals surface area (Å²) < 4.78 is 18.1. The molecular weight excluding hydrogens is 310 g/mol. The number of ketones is 1.